The van der Waals surface area contributed by atoms with E-state index in [2.05, 4.69) is 16.3 Å². The lowest BCUT2D eigenvalue weighted by Crippen LogP contribution is -2.21. The largest absolute Gasteiger partial charge is 0.306 e. The van der Waals surface area contributed by atoms with E-state index in [0.717, 1.165) is 0 Å². The summed E-state index contributed by atoms with van der Waals surface area (Å²) in [5.74, 6) is 0. The molecule has 0 bridgehead atoms. The quantitative estimate of drug-likeness (QED) is 0.556. The van der Waals surface area contributed by atoms with Crippen molar-refractivity contribution in [3.63, 3.8) is 0 Å². The van der Waals surface area contributed by atoms with Gasteiger partial charge in [-0.25, -0.2) is 0 Å². The second-order valence-corrected chi connectivity index (χ2v) is 2.29. The minimum absolute atomic E-state index is 0.415. The van der Waals surface area contributed by atoms with E-state index in [-0.39, 0.29) is 0 Å². The molecule has 0 saturated carbocycles. The van der Waals surface area contributed by atoms with Crippen LogP contribution in [0.25, 0.3) is 0 Å². The molecule has 0 saturated heterocycles. The highest BCUT2D eigenvalue weighted by Crippen LogP contribution is 1.87. The molecule has 5 nitrogen and oxygen atoms in total. The van der Waals surface area contributed by atoms with Gasteiger partial charge in [-0.15, -0.1) is 10.2 Å². The van der Waals surface area contributed by atoms with Gasteiger partial charge in [0.1, 0.15) is 12.7 Å². The number of nitrogens with zero attached hydrogens (tertiary/aromatic N) is 5. The van der Waals surface area contributed by atoms with Crippen molar-refractivity contribution < 1.29 is 0 Å². The highest BCUT2D eigenvalue weighted by molar-refractivity contribution is 4.73. The van der Waals surface area contributed by atoms with E-state index < -0.39 is 0 Å². The van der Waals surface area contributed by atoms with Gasteiger partial charge in [0, 0.05) is 0 Å². The predicted molar refractivity (Wildman–Crippen MR) is 38.3 cm³/mol. The molecule has 11 heavy (non-hydrogen) atoms. The number of rotatable bonds is 3. The fraction of sp³-hybridized carbons (Fsp3) is 0.500. The second kappa shape index (κ2) is 3.68. The lowest BCUT2D eigenvalue weighted by molar-refractivity contribution is 0.299. The first-order valence-electron chi connectivity index (χ1n) is 3.21. The number of hydrogen-bond donors (Lipinski definition) is 0. The first kappa shape index (κ1) is 7.69. The third kappa shape index (κ3) is 2.35. The van der Waals surface area contributed by atoms with Gasteiger partial charge in [-0.2, -0.15) is 5.26 Å². The van der Waals surface area contributed by atoms with Crippen LogP contribution in [0.4, 0.5) is 0 Å². The SMILES string of the molecule is CN(CC#N)Cn1cnnc1. The summed E-state index contributed by atoms with van der Waals surface area (Å²) >= 11 is 0. The molecule has 5 heteroatoms. The van der Waals surface area contributed by atoms with Crippen LogP contribution < -0.4 is 0 Å². The van der Waals surface area contributed by atoms with Crippen molar-refractivity contribution in [3.05, 3.63) is 12.7 Å². The first-order valence-corrected chi connectivity index (χ1v) is 3.21. The molecule has 0 spiro atoms. The zero-order chi connectivity index (χ0) is 8.10. The van der Waals surface area contributed by atoms with Crippen LogP contribution in [-0.2, 0) is 6.67 Å². The summed E-state index contributed by atoms with van der Waals surface area (Å²) in [5.41, 5.74) is 0. The van der Waals surface area contributed by atoms with E-state index in [1.807, 2.05) is 11.9 Å². The maximum absolute atomic E-state index is 8.33. The monoisotopic (exact) mass is 151 g/mol. The Morgan fingerprint density at radius 3 is 2.73 bits per heavy atom. The van der Waals surface area contributed by atoms with Gasteiger partial charge in [-0.05, 0) is 7.05 Å². The minimum atomic E-state index is 0.415. The van der Waals surface area contributed by atoms with Gasteiger partial charge in [-0.3, -0.25) is 4.90 Å². The zero-order valence-electron chi connectivity index (χ0n) is 6.30. The minimum Gasteiger partial charge on any atom is -0.306 e. The first-order chi connectivity index (χ1) is 5.33. The Hall–Kier alpha value is -1.41. The third-order valence-corrected chi connectivity index (χ3v) is 1.21. The van der Waals surface area contributed by atoms with Gasteiger partial charge in [0.05, 0.1) is 19.3 Å². The van der Waals surface area contributed by atoms with Gasteiger partial charge in [0.25, 0.3) is 0 Å². The Morgan fingerprint density at radius 2 is 2.18 bits per heavy atom. The maximum atomic E-state index is 8.33. The van der Waals surface area contributed by atoms with Crippen LogP contribution in [0.3, 0.4) is 0 Å². The average molecular weight is 151 g/mol. The smallest absolute Gasteiger partial charge is 0.120 e. The summed E-state index contributed by atoms with van der Waals surface area (Å²) in [7, 11) is 1.86. The molecule has 58 valence electrons. The Bertz CT molecular complexity index is 234. The van der Waals surface area contributed by atoms with Crippen molar-refractivity contribution in [1.29, 1.82) is 5.26 Å². The van der Waals surface area contributed by atoms with Crippen molar-refractivity contribution in [2.75, 3.05) is 13.6 Å². The van der Waals surface area contributed by atoms with Crippen LogP contribution in [0.2, 0.25) is 0 Å². The van der Waals surface area contributed by atoms with Gasteiger partial charge in [0.2, 0.25) is 0 Å². The Morgan fingerprint density at radius 1 is 1.55 bits per heavy atom. The number of aromatic nitrogens is 3. The van der Waals surface area contributed by atoms with Gasteiger partial charge in [0.15, 0.2) is 0 Å². The molecule has 1 heterocycles. The van der Waals surface area contributed by atoms with Crippen molar-refractivity contribution in [1.82, 2.24) is 19.7 Å². The van der Waals surface area contributed by atoms with E-state index in [0.29, 0.717) is 13.2 Å². The molecule has 0 N–H and O–H groups in total. The summed E-state index contributed by atoms with van der Waals surface area (Å²) in [6.45, 7) is 1.07. The molecule has 1 aromatic heterocycles. The topological polar surface area (TPSA) is 57.7 Å². The standard InChI is InChI=1S/C6H9N5/c1-10(3-2-7)6-11-4-8-9-5-11/h4-5H,3,6H2,1H3. The van der Waals surface area contributed by atoms with E-state index in [1.54, 1.807) is 17.2 Å². The summed E-state index contributed by atoms with van der Waals surface area (Å²) in [5, 5.41) is 15.6. The molecule has 0 amide bonds. The lowest BCUT2D eigenvalue weighted by Gasteiger charge is -2.11. The number of nitriles is 1. The average Bonchev–Trinajstić information content (AvgIpc) is 2.40. The summed E-state index contributed by atoms with van der Waals surface area (Å²) < 4.78 is 1.80. The van der Waals surface area contributed by atoms with Gasteiger partial charge >= 0.3 is 0 Å². The highest BCUT2D eigenvalue weighted by atomic mass is 15.3. The molecule has 0 fully saturated rings. The van der Waals surface area contributed by atoms with E-state index in [9.17, 15) is 0 Å². The van der Waals surface area contributed by atoms with Crippen LogP contribution in [-0.4, -0.2) is 33.3 Å². The maximum Gasteiger partial charge on any atom is 0.120 e. The molecule has 0 aromatic carbocycles. The molecule has 0 atom stereocenters. The Labute approximate surface area is 64.9 Å². The number of hydrogen-bond acceptors (Lipinski definition) is 4. The van der Waals surface area contributed by atoms with E-state index in [1.165, 1.54) is 0 Å². The molecular weight excluding hydrogens is 142 g/mol. The fourth-order valence-electron chi connectivity index (χ4n) is 0.745. The van der Waals surface area contributed by atoms with Gasteiger partial charge in [-0.1, -0.05) is 0 Å². The Kier molecular flexibility index (Phi) is 2.58. The molecule has 1 aromatic rings. The van der Waals surface area contributed by atoms with E-state index >= 15 is 0 Å². The van der Waals surface area contributed by atoms with Crippen LogP contribution in [0.1, 0.15) is 0 Å². The molecule has 1 rings (SSSR count). The van der Waals surface area contributed by atoms with Crippen LogP contribution >= 0.6 is 0 Å². The molecule has 0 unspecified atom stereocenters. The Balaban J connectivity index is 2.38. The highest BCUT2D eigenvalue weighted by Gasteiger charge is 1.96. The van der Waals surface area contributed by atoms with Crippen molar-refractivity contribution in [3.8, 4) is 6.07 Å². The van der Waals surface area contributed by atoms with Gasteiger partial charge < -0.3 is 4.57 Å². The van der Waals surface area contributed by atoms with Crippen LogP contribution in [0, 0.1) is 11.3 Å². The van der Waals surface area contributed by atoms with Crippen LogP contribution in [0.15, 0.2) is 12.7 Å². The van der Waals surface area contributed by atoms with Crippen molar-refractivity contribution in [2.45, 2.75) is 6.67 Å². The predicted octanol–water partition coefficient (Wildman–Crippen LogP) is -0.309. The summed E-state index contributed by atoms with van der Waals surface area (Å²) in [4.78, 5) is 1.86. The van der Waals surface area contributed by atoms with Crippen molar-refractivity contribution in [2.24, 2.45) is 0 Å². The summed E-state index contributed by atoms with van der Waals surface area (Å²) in [6, 6.07) is 2.05. The van der Waals surface area contributed by atoms with E-state index in [4.69, 9.17) is 5.26 Å². The van der Waals surface area contributed by atoms with Crippen molar-refractivity contribution >= 4 is 0 Å². The second-order valence-electron chi connectivity index (χ2n) is 2.29. The zero-order valence-corrected chi connectivity index (χ0v) is 6.30. The van der Waals surface area contributed by atoms with Crippen LogP contribution in [0.5, 0.6) is 0 Å². The fourth-order valence-corrected chi connectivity index (χ4v) is 0.745. The normalized spacial score (nSPS) is 9.91. The lowest BCUT2D eigenvalue weighted by atomic mass is 10.6. The molecule has 0 aliphatic heterocycles. The third-order valence-electron chi connectivity index (χ3n) is 1.21. The molecule has 0 aliphatic rings. The molecular formula is C6H9N5. The summed E-state index contributed by atoms with van der Waals surface area (Å²) in [6.07, 6.45) is 3.24. The molecule has 0 aliphatic carbocycles. The molecule has 0 radical (unpaired) electrons.